The van der Waals surface area contributed by atoms with Crippen molar-refractivity contribution in [2.75, 3.05) is 11.1 Å². The molecular weight excluding hydrogens is 286 g/mol. The fraction of sp³-hybridized carbons (Fsp3) is 0.0909. The summed E-state index contributed by atoms with van der Waals surface area (Å²) in [6, 6.07) is 6.73. The number of hydrogen-bond donors (Lipinski definition) is 2. The van der Waals surface area contributed by atoms with E-state index in [1.165, 1.54) is 0 Å². The molecule has 0 fully saturated rings. The standard InChI is InChI=1S/C11H10BrN3O2/c1-6-4-10(15-17-6)11(16)14-9-5-7(13)2-3-8(9)12/h2-5H,13H2,1H3,(H,14,16). The second kappa shape index (κ2) is 4.58. The minimum absolute atomic E-state index is 0.233. The Morgan fingerprint density at radius 3 is 2.88 bits per heavy atom. The van der Waals surface area contributed by atoms with Crippen LogP contribution in [0.3, 0.4) is 0 Å². The number of nitrogens with zero attached hydrogens (tertiary/aromatic N) is 1. The zero-order chi connectivity index (χ0) is 12.4. The van der Waals surface area contributed by atoms with Crippen LogP contribution in [0.25, 0.3) is 0 Å². The predicted octanol–water partition coefficient (Wildman–Crippen LogP) is 2.58. The molecule has 0 saturated heterocycles. The van der Waals surface area contributed by atoms with E-state index in [-0.39, 0.29) is 11.6 Å². The van der Waals surface area contributed by atoms with Crippen molar-refractivity contribution in [3.8, 4) is 0 Å². The van der Waals surface area contributed by atoms with Crippen LogP contribution >= 0.6 is 15.9 Å². The molecule has 1 aromatic carbocycles. The highest BCUT2D eigenvalue weighted by molar-refractivity contribution is 9.10. The van der Waals surface area contributed by atoms with Crippen molar-refractivity contribution in [2.45, 2.75) is 6.92 Å². The van der Waals surface area contributed by atoms with Gasteiger partial charge in [-0.2, -0.15) is 0 Å². The highest BCUT2D eigenvalue weighted by Crippen LogP contribution is 2.25. The first-order valence-electron chi connectivity index (χ1n) is 4.86. The van der Waals surface area contributed by atoms with E-state index in [0.717, 1.165) is 4.47 Å². The second-order valence-electron chi connectivity index (χ2n) is 3.52. The molecule has 88 valence electrons. The topological polar surface area (TPSA) is 81.2 Å². The normalized spacial score (nSPS) is 10.2. The molecule has 0 aliphatic heterocycles. The maximum atomic E-state index is 11.8. The number of halogens is 1. The molecule has 1 heterocycles. The lowest BCUT2D eigenvalue weighted by molar-refractivity contribution is 0.101. The van der Waals surface area contributed by atoms with Gasteiger partial charge in [-0.15, -0.1) is 0 Å². The molecular formula is C11H10BrN3O2. The van der Waals surface area contributed by atoms with Gasteiger partial charge in [-0.05, 0) is 41.1 Å². The number of anilines is 2. The van der Waals surface area contributed by atoms with E-state index in [1.807, 2.05) is 0 Å². The van der Waals surface area contributed by atoms with Crippen LogP contribution in [0.4, 0.5) is 11.4 Å². The van der Waals surface area contributed by atoms with Crippen molar-refractivity contribution in [1.29, 1.82) is 0 Å². The first-order valence-corrected chi connectivity index (χ1v) is 5.65. The Morgan fingerprint density at radius 1 is 1.47 bits per heavy atom. The molecule has 0 radical (unpaired) electrons. The highest BCUT2D eigenvalue weighted by Gasteiger charge is 2.12. The molecule has 2 rings (SSSR count). The van der Waals surface area contributed by atoms with Crippen LogP contribution in [-0.2, 0) is 0 Å². The summed E-state index contributed by atoms with van der Waals surface area (Å²) in [7, 11) is 0. The van der Waals surface area contributed by atoms with Gasteiger partial charge in [0.25, 0.3) is 5.91 Å². The number of benzene rings is 1. The van der Waals surface area contributed by atoms with Crippen molar-refractivity contribution in [1.82, 2.24) is 5.16 Å². The fourth-order valence-electron chi connectivity index (χ4n) is 1.30. The Morgan fingerprint density at radius 2 is 2.24 bits per heavy atom. The van der Waals surface area contributed by atoms with Gasteiger partial charge in [-0.25, -0.2) is 0 Å². The van der Waals surface area contributed by atoms with Crippen LogP contribution in [-0.4, -0.2) is 11.1 Å². The van der Waals surface area contributed by atoms with E-state index in [2.05, 4.69) is 26.4 Å². The van der Waals surface area contributed by atoms with E-state index >= 15 is 0 Å². The van der Waals surface area contributed by atoms with Gasteiger partial charge < -0.3 is 15.6 Å². The van der Waals surface area contributed by atoms with Crippen LogP contribution in [0, 0.1) is 6.92 Å². The number of carbonyl (C=O) groups is 1. The van der Waals surface area contributed by atoms with Crippen molar-refractivity contribution < 1.29 is 9.32 Å². The maximum absolute atomic E-state index is 11.8. The van der Waals surface area contributed by atoms with Crippen LogP contribution in [0.15, 0.2) is 33.3 Å². The number of hydrogen-bond acceptors (Lipinski definition) is 4. The van der Waals surface area contributed by atoms with Crippen molar-refractivity contribution >= 4 is 33.2 Å². The maximum Gasteiger partial charge on any atom is 0.277 e. The minimum atomic E-state index is -0.340. The Balaban J connectivity index is 2.21. The molecule has 0 aliphatic carbocycles. The Bertz CT molecular complexity index is 566. The lowest BCUT2D eigenvalue weighted by Crippen LogP contribution is -2.12. The molecule has 3 N–H and O–H groups in total. The molecule has 5 nitrogen and oxygen atoms in total. The zero-order valence-corrected chi connectivity index (χ0v) is 10.6. The van der Waals surface area contributed by atoms with E-state index in [1.54, 1.807) is 31.2 Å². The monoisotopic (exact) mass is 295 g/mol. The summed E-state index contributed by atoms with van der Waals surface area (Å²) in [6.07, 6.45) is 0. The molecule has 0 aliphatic rings. The number of aryl methyl sites for hydroxylation is 1. The number of aromatic nitrogens is 1. The zero-order valence-electron chi connectivity index (χ0n) is 9.03. The van der Waals surface area contributed by atoms with Gasteiger partial charge in [0.05, 0.1) is 5.69 Å². The summed E-state index contributed by atoms with van der Waals surface area (Å²) >= 11 is 3.32. The molecule has 0 saturated carbocycles. The summed E-state index contributed by atoms with van der Waals surface area (Å²) < 4.78 is 5.58. The van der Waals surface area contributed by atoms with Gasteiger partial charge in [0.2, 0.25) is 0 Å². The smallest absolute Gasteiger partial charge is 0.277 e. The number of nitrogens with one attached hydrogen (secondary N) is 1. The number of nitrogens with two attached hydrogens (primary N) is 1. The molecule has 0 bridgehead atoms. The summed E-state index contributed by atoms with van der Waals surface area (Å²) in [5.41, 5.74) is 7.04. The largest absolute Gasteiger partial charge is 0.399 e. The molecule has 1 amide bonds. The molecule has 6 heteroatoms. The van der Waals surface area contributed by atoms with Crippen molar-refractivity contribution in [2.24, 2.45) is 0 Å². The van der Waals surface area contributed by atoms with Gasteiger partial charge >= 0.3 is 0 Å². The number of amides is 1. The van der Waals surface area contributed by atoms with Gasteiger partial charge in [-0.3, -0.25) is 4.79 Å². The minimum Gasteiger partial charge on any atom is -0.399 e. The molecule has 0 atom stereocenters. The molecule has 0 unspecified atom stereocenters. The summed E-state index contributed by atoms with van der Waals surface area (Å²) in [5.74, 6) is 0.245. The average Bonchev–Trinajstić information content (AvgIpc) is 2.70. The van der Waals surface area contributed by atoms with Crippen LogP contribution in [0.2, 0.25) is 0 Å². The second-order valence-corrected chi connectivity index (χ2v) is 4.37. The highest BCUT2D eigenvalue weighted by atomic mass is 79.9. The van der Waals surface area contributed by atoms with Crippen LogP contribution in [0.1, 0.15) is 16.2 Å². The molecule has 1 aromatic heterocycles. The van der Waals surface area contributed by atoms with E-state index in [4.69, 9.17) is 10.3 Å². The fourth-order valence-corrected chi connectivity index (χ4v) is 1.64. The van der Waals surface area contributed by atoms with Gasteiger partial charge in [-0.1, -0.05) is 5.16 Å². The number of nitrogen functional groups attached to an aromatic ring is 1. The molecule has 2 aromatic rings. The van der Waals surface area contributed by atoms with Crippen LogP contribution in [0.5, 0.6) is 0 Å². The summed E-state index contributed by atoms with van der Waals surface area (Å²) in [5, 5.41) is 6.32. The third-order valence-corrected chi connectivity index (χ3v) is 2.79. The first-order chi connectivity index (χ1) is 8.06. The quantitative estimate of drug-likeness (QED) is 0.835. The Labute approximate surface area is 106 Å². The number of rotatable bonds is 2. The number of carbonyl (C=O) groups excluding carboxylic acids is 1. The Kier molecular flexibility index (Phi) is 3.14. The van der Waals surface area contributed by atoms with Gasteiger partial charge in [0.1, 0.15) is 5.76 Å². The van der Waals surface area contributed by atoms with E-state index in [9.17, 15) is 4.79 Å². The van der Waals surface area contributed by atoms with Gasteiger partial charge in [0.15, 0.2) is 5.69 Å². The van der Waals surface area contributed by atoms with Gasteiger partial charge in [0, 0.05) is 16.2 Å². The lowest BCUT2D eigenvalue weighted by atomic mass is 10.2. The summed E-state index contributed by atoms with van der Waals surface area (Å²) in [6.45, 7) is 1.72. The SMILES string of the molecule is Cc1cc(C(=O)Nc2cc(N)ccc2Br)no1. The van der Waals surface area contributed by atoms with Crippen molar-refractivity contribution in [3.63, 3.8) is 0 Å². The van der Waals surface area contributed by atoms with E-state index in [0.29, 0.717) is 17.1 Å². The third kappa shape index (κ3) is 2.65. The first kappa shape index (κ1) is 11.7. The van der Waals surface area contributed by atoms with Crippen molar-refractivity contribution in [3.05, 3.63) is 40.2 Å². The van der Waals surface area contributed by atoms with E-state index < -0.39 is 0 Å². The van der Waals surface area contributed by atoms with Crippen LogP contribution < -0.4 is 11.1 Å². The summed E-state index contributed by atoms with van der Waals surface area (Å²) in [4.78, 5) is 11.8. The average molecular weight is 296 g/mol. The third-order valence-electron chi connectivity index (χ3n) is 2.10. The Hall–Kier alpha value is -1.82. The molecule has 17 heavy (non-hydrogen) atoms. The molecule has 0 spiro atoms. The predicted molar refractivity (Wildman–Crippen MR) is 67.7 cm³/mol. The lowest BCUT2D eigenvalue weighted by Gasteiger charge is -2.06.